The lowest BCUT2D eigenvalue weighted by Crippen LogP contribution is -2.19. The van der Waals surface area contributed by atoms with Gasteiger partial charge in [-0.15, -0.1) is 0 Å². The molecule has 0 saturated carbocycles. The second-order valence-corrected chi connectivity index (χ2v) is 6.88. The van der Waals surface area contributed by atoms with Crippen LogP contribution in [-0.2, 0) is 15.6 Å². The minimum Gasteiger partial charge on any atom is -0.428 e. The fourth-order valence-electron chi connectivity index (χ4n) is 2.22. The van der Waals surface area contributed by atoms with Crippen LogP contribution in [-0.4, -0.2) is 6.47 Å². The van der Waals surface area contributed by atoms with Crippen LogP contribution in [0, 0.1) is 6.92 Å². The molecule has 100 valence electrons. The van der Waals surface area contributed by atoms with Gasteiger partial charge in [-0.3, -0.25) is 4.79 Å². The topological polar surface area (TPSA) is 26.3 Å². The molecule has 0 aliphatic heterocycles. The van der Waals surface area contributed by atoms with Gasteiger partial charge in [0.2, 0.25) is 0 Å². The number of hydrogen-bond acceptors (Lipinski definition) is 2. The molecule has 0 fully saturated rings. The SMILES string of the molecule is Cc1cc(OC=O)c(C(C)(C)C)cc1C(C)(C)C. The van der Waals surface area contributed by atoms with Crippen molar-refractivity contribution in [3.8, 4) is 5.75 Å². The minimum atomic E-state index is -0.0496. The maximum atomic E-state index is 10.6. The van der Waals surface area contributed by atoms with Gasteiger partial charge in [-0.25, -0.2) is 0 Å². The van der Waals surface area contributed by atoms with Gasteiger partial charge in [0.15, 0.2) is 0 Å². The first-order valence-corrected chi connectivity index (χ1v) is 6.33. The summed E-state index contributed by atoms with van der Waals surface area (Å²) >= 11 is 0. The molecule has 0 bridgehead atoms. The zero-order chi connectivity index (χ0) is 14.1. The van der Waals surface area contributed by atoms with Gasteiger partial charge in [-0.2, -0.15) is 0 Å². The van der Waals surface area contributed by atoms with E-state index >= 15 is 0 Å². The smallest absolute Gasteiger partial charge is 0.298 e. The van der Waals surface area contributed by atoms with E-state index in [1.54, 1.807) is 0 Å². The fraction of sp³-hybridized carbons (Fsp3) is 0.562. The van der Waals surface area contributed by atoms with Gasteiger partial charge >= 0.3 is 0 Å². The van der Waals surface area contributed by atoms with Gasteiger partial charge in [-0.1, -0.05) is 47.6 Å². The molecule has 0 aromatic heterocycles. The van der Waals surface area contributed by atoms with Crippen molar-refractivity contribution >= 4 is 6.47 Å². The first-order valence-electron chi connectivity index (χ1n) is 6.33. The van der Waals surface area contributed by atoms with E-state index in [1.165, 1.54) is 5.56 Å². The van der Waals surface area contributed by atoms with Crippen LogP contribution in [0.25, 0.3) is 0 Å². The molecule has 0 saturated heterocycles. The minimum absolute atomic E-state index is 0.0496. The van der Waals surface area contributed by atoms with E-state index in [9.17, 15) is 4.79 Å². The summed E-state index contributed by atoms with van der Waals surface area (Å²) in [5, 5.41) is 0. The average Bonchev–Trinajstić information content (AvgIpc) is 2.13. The quantitative estimate of drug-likeness (QED) is 0.736. The van der Waals surface area contributed by atoms with Gasteiger partial charge in [0.25, 0.3) is 6.47 Å². The average molecular weight is 248 g/mol. The number of aryl methyl sites for hydroxylation is 1. The molecule has 0 aliphatic carbocycles. The van der Waals surface area contributed by atoms with Crippen molar-refractivity contribution in [3.05, 3.63) is 28.8 Å². The van der Waals surface area contributed by atoms with Gasteiger partial charge in [-0.05, 0) is 34.9 Å². The van der Waals surface area contributed by atoms with Gasteiger partial charge in [0.1, 0.15) is 5.75 Å². The lowest BCUT2D eigenvalue weighted by atomic mass is 9.78. The van der Waals surface area contributed by atoms with Crippen molar-refractivity contribution in [2.45, 2.75) is 59.3 Å². The number of ether oxygens (including phenoxy) is 1. The molecule has 0 atom stereocenters. The van der Waals surface area contributed by atoms with Crippen LogP contribution in [0.5, 0.6) is 5.75 Å². The Labute approximate surface area is 110 Å². The predicted octanol–water partition coefficient (Wildman–Crippen LogP) is 4.13. The lowest BCUT2D eigenvalue weighted by Gasteiger charge is -2.28. The van der Waals surface area contributed by atoms with Crippen LogP contribution in [0.1, 0.15) is 58.2 Å². The van der Waals surface area contributed by atoms with Crippen molar-refractivity contribution in [2.24, 2.45) is 0 Å². The molecule has 18 heavy (non-hydrogen) atoms. The van der Waals surface area contributed by atoms with E-state index in [2.05, 4.69) is 54.5 Å². The van der Waals surface area contributed by atoms with Crippen LogP contribution in [0.4, 0.5) is 0 Å². The third-order valence-corrected chi connectivity index (χ3v) is 3.12. The standard InChI is InChI=1S/C16H24O2/c1-11-8-14(18-10-17)13(16(5,6)7)9-12(11)15(2,3)4/h8-10H,1-7H3. The van der Waals surface area contributed by atoms with Gasteiger partial charge in [0, 0.05) is 5.56 Å². The van der Waals surface area contributed by atoms with Crippen molar-refractivity contribution < 1.29 is 9.53 Å². The Morgan fingerprint density at radius 2 is 1.44 bits per heavy atom. The Balaban J connectivity index is 3.50. The number of rotatable bonds is 2. The molecular weight excluding hydrogens is 224 g/mol. The third-order valence-electron chi connectivity index (χ3n) is 3.12. The number of benzene rings is 1. The van der Waals surface area contributed by atoms with E-state index in [4.69, 9.17) is 4.74 Å². The molecule has 0 heterocycles. The number of carbonyl (C=O) groups excluding carboxylic acids is 1. The third kappa shape index (κ3) is 3.12. The molecule has 1 aromatic carbocycles. The van der Waals surface area contributed by atoms with E-state index in [0.29, 0.717) is 12.2 Å². The summed E-state index contributed by atoms with van der Waals surface area (Å²) < 4.78 is 5.13. The molecule has 2 nitrogen and oxygen atoms in total. The maximum absolute atomic E-state index is 10.6. The highest BCUT2D eigenvalue weighted by molar-refractivity contribution is 5.53. The highest BCUT2D eigenvalue weighted by Gasteiger charge is 2.24. The second-order valence-electron chi connectivity index (χ2n) is 6.88. The molecule has 0 spiro atoms. The largest absolute Gasteiger partial charge is 0.428 e. The van der Waals surface area contributed by atoms with Crippen molar-refractivity contribution in [2.75, 3.05) is 0 Å². The Hall–Kier alpha value is -1.31. The zero-order valence-corrected chi connectivity index (χ0v) is 12.5. The fourth-order valence-corrected chi connectivity index (χ4v) is 2.22. The Kier molecular flexibility index (Phi) is 3.89. The summed E-state index contributed by atoms with van der Waals surface area (Å²) in [6, 6.07) is 4.14. The number of carbonyl (C=O) groups is 1. The first kappa shape index (κ1) is 14.7. The predicted molar refractivity (Wildman–Crippen MR) is 75.3 cm³/mol. The summed E-state index contributed by atoms with van der Waals surface area (Å²) in [5.41, 5.74) is 3.57. The zero-order valence-electron chi connectivity index (χ0n) is 12.5. The van der Waals surface area contributed by atoms with Crippen LogP contribution in [0.3, 0.4) is 0 Å². The van der Waals surface area contributed by atoms with Crippen LogP contribution < -0.4 is 4.74 Å². The maximum Gasteiger partial charge on any atom is 0.298 e. The highest BCUT2D eigenvalue weighted by Crippen LogP contribution is 2.37. The van der Waals surface area contributed by atoms with E-state index in [-0.39, 0.29) is 10.8 Å². The molecule has 2 heteroatoms. The first-order chi connectivity index (χ1) is 8.07. The molecule has 0 radical (unpaired) electrons. The summed E-state index contributed by atoms with van der Waals surface area (Å²) in [6.45, 7) is 15.5. The monoisotopic (exact) mass is 248 g/mol. The lowest BCUT2D eigenvalue weighted by molar-refractivity contribution is -0.120. The van der Waals surface area contributed by atoms with Crippen LogP contribution in [0.15, 0.2) is 12.1 Å². The Morgan fingerprint density at radius 3 is 1.83 bits per heavy atom. The van der Waals surface area contributed by atoms with Crippen LogP contribution in [0.2, 0.25) is 0 Å². The summed E-state index contributed by atoms with van der Waals surface area (Å²) in [5.74, 6) is 0.669. The van der Waals surface area contributed by atoms with E-state index < -0.39 is 0 Å². The van der Waals surface area contributed by atoms with Crippen molar-refractivity contribution in [3.63, 3.8) is 0 Å². The van der Waals surface area contributed by atoms with E-state index in [1.807, 2.05) is 6.07 Å². The molecule has 1 aromatic rings. The van der Waals surface area contributed by atoms with Gasteiger partial charge < -0.3 is 4.74 Å². The summed E-state index contributed by atoms with van der Waals surface area (Å²) in [4.78, 5) is 10.6. The second kappa shape index (κ2) is 4.75. The van der Waals surface area contributed by atoms with E-state index in [0.717, 1.165) is 11.1 Å². The molecule has 0 aliphatic rings. The molecule has 1 rings (SSSR count). The highest BCUT2D eigenvalue weighted by atomic mass is 16.5. The molecular formula is C16H24O2. The molecule has 0 amide bonds. The van der Waals surface area contributed by atoms with Crippen molar-refractivity contribution in [1.29, 1.82) is 0 Å². The summed E-state index contributed by atoms with van der Waals surface area (Å²) in [7, 11) is 0. The Bertz CT molecular complexity index is 445. The number of hydrogen-bond donors (Lipinski definition) is 0. The van der Waals surface area contributed by atoms with Crippen molar-refractivity contribution in [1.82, 2.24) is 0 Å². The van der Waals surface area contributed by atoms with Crippen LogP contribution >= 0.6 is 0 Å². The Morgan fingerprint density at radius 1 is 0.944 bits per heavy atom. The molecule has 0 N–H and O–H groups in total. The van der Waals surface area contributed by atoms with Gasteiger partial charge in [0.05, 0.1) is 0 Å². The normalized spacial score (nSPS) is 12.4. The summed E-state index contributed by atoms with van der Waals surface area (Å²) in [6.07, 6.45) is 0. The molecule has 0 unspecified atom stereocenters.